The Hall–Kier alpha value is -1.00. The van der Waals surface area contributed by atoms with Crippen LogP contribution in [0.2, 0.25) is 0 Å². The van der Waals surface area contributed by atoms with E-state index >= 15 is 0 Å². The van der Waals surface area contributed by atoms with Crippen molar-refractivity contribution in [2.75, 3.05) is 13.1 Å². The predicted molar refractivity (Wildman–Crippen MR) is 43.5 cm³/mol. The second-order valence-electron chi connectivity index (χ2n) is 2.26. The molecule has 0 saturated heterocycles. The summed E-state index contributed by atoms with van der Waals surface area (Å²) in [4.78, 5) is 0. The van der Waals surface area contributed by atoms with Crippen LogP contribution in [0.3, 0.4) is 0 Å². The van der Waals surface area contributed by atoms with E-state index in [1.807, 2.05) is 0 Å². The highest BCUT2D eigenvalue weighted by Gasteiger charge is 1.96. The lowest BCUT2D eigenvalue weighted by Gasteiger charge is -1.99. The Morgan fingerprint density at radius 1 is 1.70 bits per heavy atom. The van der Waals surface area contributed by atoms with Gasteiger partial charge in [-0.05, 0) is 6.42 Å². The summed E-state index contributed by atoms with van der Waals surface area (Å²) in [6, 6.07) is 0. The molecule has 0 unspecified atom stereocenters. The van der Waals surface area contributed by atoms with Gasteiger partial charge in [-0.3, -0.25) is 0 Å². The van der Waals surface area contributed by atoms with Crippen molar-refractivity contribution in [3.05, 3.63) is 23.8 Å². The van der Waals surface area contributed by atoms with Gasteiger partial charge in [0.1, 0.15) is 0 Å². The molecule has 0 spiro atoms. The lowest BCUT2D eigenvalue weighted by Crippen LogP contribution is -2.16. The minimum absolute atomic E-state index is 0.664. The van der Waals surface area contributed by atoms with Crippen molar-refractivity contribution < 1.29 is 0 Å². The molecule has 1 aliphatic carbocycles. The minimum Gasteiger partial charge on any atom is -0.302 e. The smallest absolute Gasteiger partial charge is 0.0576 e. The molecule has 1 heteroatoms. The second kappa shape index (κ2) is 3.92. The summed E-state index contributed by atoms with van der Waals surface area (Å²) in [6.07, 6.45) is 12.5. The lowest BCUT2D eigenvalue weighted by atomic mass is 10.2. The molecule has 1 rings (SSSR count). The third-order valence-electron chi connectivity index (χ3n) is 1.43. The molecule has 0 aromatic carbocycles. The van der Waals surface area contributed by atoms with Crippen LogP contribution >= 0.6 is 0 Å². The first kappa shape index (κ1) is 7.11. The van der Waals surface area contributed by atoms with Crippen molar-refractivity contribution >= 4 is 0 Å². The highest BCUT2D eigenvalue weighted by Crippen LogP contribution is 2.07. The van der Waals surface area contributed by atoms with Crippen LogP contribution < -0.4 is 5.32 Å². The molecule has 1 aliphatic rings. The van der Waals surface area contributed by atoms with E-state index in [1.165, 1.54) is 5.57 Å². The zero-order valence-corrected chi connectivity index (χ0v) is 5.93. The molecule has 10 heavy (non-hydrogen) atoms. The van der Waals surface area contributed by atoms with Gasteiger partial charge in [0.15, 0.2) is 0 Å². The summed E-state index contributed by atoms with van der Waals surface area (Å²) in [5.74, 6) is 2.53. The quantitative estimate of drug-likeness (QED) is 0.449. The molecule has 0 aromatic heterocycles. The second-order valence-corrected chi connectivity index (χ2v) is 2.26. The van der Waals surface area contributed by atoms with Crippen LogP contribution in [0.1, 0.15) is 6.42 Å². The maximum absolute atomic E-state index is 5.07. The van der Waals surface area contributed by atoms with Crippen LogP contribution in [0, 0.1) is 12.3 Å². The van der Waals surface area contributed by atoms with Crippen LogP contribution in [-0.4, -0.2) is 13.1 Å². The highest BCUT2D eigenvalue weighted by atomic mass is 14.8. The molecule has 52 valence electrons. The number of hydrogen-bond acceptors (Lipinski definition) is 1. The van der Waals surface area contributed by atoms with Crippen LogP contribution in [0.25, 0.3) is 0 Å². The van der Waals surface area contributed by atoms with Gasteiger partial charge in [0.25, 0.3) is 0 Å². The van der Waals surface area contributed by atoms with Gasteiger partial charge in [-0.1, -0.05) is 29.7 Å². The van der Waals surface area contributed by atoms with Crippen LogP contribution in [0.5, 0.6) is 0 Å². The van der Waals surface area contributed by atoms with Gasteiger partial charge >= 0.3 is 0 Å². The monoisotopic (exact) mass is 133 g/mol. The Bertz CT molecular complexity index is 193. The number of rotatable bonds is 3. The van der Waals surface area contributed by atoms with Crippen molar-refractivity contribution in [2.24, 2.45) is 0 Å². The first-order valence-corrected chi connectivity index (χ1v) is 3.42. The number of terminal acetylenes is 1. The number of nitrogens with one attached hydrogen (secondary N) is 1. The standard InChI is InChI=1S/C9H11N/c1-2-7-10-8-9-5-3-4-6-9/h1,3-5,10H,6-8H2. The van der Waals surface area contributed by atoms with E-state index in [0.717, 1.165) is 13.0 Å². The van der Waals surface area contributed by atoms with Crippen LogP contribution in [0.15, 0.2) is 23.8 Å². The molecule has 0 heterocycles. The Labute approximate surface area is 61.8 Å². The molecule has 0 atom stereocenters. The zero-order chi connectivity index (χ0) is 7.23. The van der Waals surface area contributed by atoms with E-state index in [2.05, 4.69) is 29.5 Å². The van der Waals surface area contributed by atoms with E-state index < -0.39 is 0 Å². The third-order valence-corrected chi connectivity index (χ3v) is 1.43. The van der Waals surface area contributed by atoms with Crippen molar-refractivity contribution in [1.29, 1.82) is 0 Å². The maximum Gasteiger partial charge on any atom is 0.0576 e. The van der Waals surface area contributed by atoms with E-state index in [-0.39, 0.29) is 0 Å². The molecule has 0 bridgehead atoms. The summed E-state index contributed by atoms with van der Waals surface area (Å²) < 4.78 is 0. The SMILES string of the molecule is C#CCNCC1=CC=CC1. The van der Waals surface area contributed by atoms with Crippen molar-refractivity contribution in [1.82, 2.24) is 5.32 Å². The first-order chi connectivity index (χ1) is 4.93. The van der Waals surface area contributed by atoms with Crippen molar-refractivity contribution in [2.45, 2.75) is 6.42 Å². The van der Waals surface area contributed by atoms with E-state index in [0.29, 0.717) is 6.54 Å². The summed E-state index contributed by atoms with van der Waals surface area (Å²) in [7, 11) is 0. The van der Waals surface area contributed by atoms with Gasteiger partial charge in [0, 0.05) is 6.54 Å². The van der Waals surface area contributed by atoms with Crippen LogP contribution in [-0.2, 0) is 0 Å². The average Bonchev–Trinajstić information content (AvgIpc) is 2.41. The average molecular weight is 133 g/mol. The molecular formula is C9H11N. The fourth-order valence-electron chi connectivity index (χ4n) is 0.918. The van der Waals surface area contributed by atoms with Crippen molar-refractivity contribution in [3.8, 4) is 12.3 Å². The van der Waals surface area contributed by atoms with Gasteiger partial charge in [0.2, 0.25) is 0 Å². The molecule has 0 amide bonds. The molecule has 0 fully saturated rings. The molecule has 0 saturated carbocycles. The fraction of sp³-hybridized carbons (Fsp3) is 0.333. The lowest BCUT2D eigenvalue weighted by molar-refractivity contribution is 0.817. The van der Waals surface area contributed by atoms with Gasteiger partial charge in [0.05, 0.1) is 6.54 Å². The number of hydrogen-bond donors (Lipinski definition) is 1. The molecule has 1 N–H and O–H groups in total. The highest BCUT2D eigenvalue weighted by molar-refractivity contribution is 5.23. The summed E-state index contributed by atoms with van der Waals surface area (Å²) in [6.45, 7) is 1.59. The van der Waals surface area contributed by atoms with E-state index in [4.69, 9.17) is 6.42 Å². The molecule has 1 nitrogen and oxygen atoms in total. The molecule has 0 aromatic rings. The summed E-state index contributed by atoms with van der Waals surface area (Å²) >= 11 is 0. The zero-order valence-electron chi connectivity index (χ0n) is 5.93. The van der Waals surface area contributed by atoms with Gasteiger partial charge in [-0.25, -0.2) is 0 Å². The summed E-state index contributed by atoms with van der Waals surface area (Å²) in [5, 5.41) is 3.13. The Kier molecular flexibility index (Phi) is 2.79. The third kappa shape index (κ3) is 2.08. The van der Waals surface area contributed by atoms with E-state index in [9.17, 15) is 0 Å². The Morgan fingerprint density at radius 3 is 3.20 bits per heavy atom. The normalized spacial score (nSPS) is 14.9. The Morgan fingerprint density at radius 2 is 2.60 bits per heavy atom. The molecular weight excluding hydrogens is 122 g/mol. The molecule has 0 radical (unpaired) electrons. The van der Waals surface area contributed by atoms with Crippen molar-refractivity contribution in [3.63, 3.8) is 0 Å². The van der Waals surface area contributed by atoms with Gasteiger partial charge in [-0.15, -0.1) is 6.42 Å². The maximum atomic E-state index is 5.07. The van der Waals surface area contributed by atoms with Gasteiger partial charge < -0.3 is 5.32 Å². The molecule has 0 aliphatic heterocycles. The predicted octanol–water partition coefficient (Wildman–Crippen LogP) is 1.10. The topological polar surface area (TPSA) is 12.0 Å². The summed E-state index contributed by atoms with van der Waals surface area (Å²) in [5.41, 5.74) is 1.41. The largest absolute Gasteiger partial charge is 0.302 e. The first-order valence-electron chi connectivity index (χ1n) is 3.42. The van der Waals surface area contributed by atoms with Gasteiger partial charge in [-0.2, -0.15) is 0 Å². The van der Waals surface area contributed by atoms with E-state index in [1.54, 1.807) is 0 Å². The van der Waals surface area contributed by atoms with Crippen LogP contribution in [0.4, 0.5) is 0 Å². The Balaban J connectivity index is 2.11. The minimum atomic E-state index is 0.664. The fourth-order valence-corrected chi connectivity index (χ4v) is 0.918. The number of allylic oxidation sites excluding steroid dienone is 3.